The molecule has 0 aromatic carbocycles. The molecule has 0 spiro atoms. The fourth-order valence-electron chi connectivity index (χ4n) is 2.26. The summed E-state index contributed by atoms with van der Waals surface area (Å²) in [5.74, 6) is -1.23. The molecule has 6 heteroatoms. The Morgan fingerprint density at radius 3 is 2.71 bits per heavy atom. The molecular weight excluding hydrogens is 222 g/mol. The Morgan fingerprint density at radius 2 is 2.18 bits per heavy atom. The van der Waals surface area contributed by atoms with E-state index in [1.165, 1.54) is 17.3 Å². The molecule has 6 nitrogen and oxygen atoms in total. The van der Waals surface area contributed by atoms with Crippen LogP contribution in [0.25, 0.3) is 0 Å². The van der Waals surface area contributed by atoms with Gasteiger partial charge in [-0.3, -0.25) is 14.7 Å². The maximum atomic E-state index is 12.1. The summed E-state index contributed by atoms with van der Waals surface area (Å²) < 4.78 is 0. The van der Waals surface area contributed by atoms with Gasteiger partial charge in [0, 0.05) is 12.2 Å². The van der Waals surface area contributed by atoms with Gasteiger partial charge in [0.05, 0.1) is 11.8 Å². The van der Waals surface area contributed by atoms with Crippen LogP contribution in [-0.2, 0) is 4.79 Å². The number of carboxylic acids is 1. The zero-order valence-electron chi connectivity index (χ0n) is 9.43. The van der Waals surface area contributed by atoms with E-state index in [1.54, 1.807) is 0 Å². The number of hydrogen-bond donors (Lipinski definition) is 2. The van der Waals surface area contributed by atoms with Crippen molar-refractivity contribution in [3.8, 4) is 0 Å². The molecule has 2 rings (SSSR count). The van der Waals surface area contributed by atoms with Gasteiger partial charge >= 0.3 is 5.97 Å². The fraction of sp³-hybridized carbons (Fsp3) is 0.545. The molecule has 1 heterocycles. The van der Waals surface area contributed by atoms with Crippen molar-refractivity contribution in [1.82, 2.24) is 15.1 Å². The molecule has 1 aliphatic carbocycles. The maximum absolute atomic E-state index is 12.1. The first-order valence-electron chi connectivity index (χ1n) is 5.70. The number of hydrogen-bond acceptors (Lipinski definition) is 3. The van der Waals surface area contributed by atoms with Gasteiger partial charge in [-0.15, -0.1) is 0 Å². The summed E-state index contributed by atoms with van der Waals surface area (Å²) in [6.07, 6.45) is 6.80. The predicted octanol–water partition coefficient (Wildman–Crippen LogP) is 0.879. The van der Waals surface area contributed by atoms with Crippen LogP contribution in [0.5, 0.6) is 0 Å². The van der Waals surface area contributed by atoms with Crippen LogP contribution in [0.3, 0.4) is 0 Å². The Bertz CT molecular complexity index is 396. The lowest BCUT2D eigenvalue weighted by Crippen LogP contribution is -2.42. The first-order chi connectivity index (χ1) is 8.18. The summed E-state index contributed by atoms with van der Waals surface area (Å²) >= 11 is 0. The molecule has 1 saturated carbocycles. The molecular formula is C11H15N3O3. The van der Waals surface area contributed by atoms with Crippen LogP contribution in [0.4, 0.5) is 0 Å². The quantitative estimate of drug-likeness (QED) is 0.813. The second kappa shape index (κ2) is 4.99. The number of carboxylic acid groups (broad SMARTS) is 1. The number of amides is 1. The Kier molecular flexibility index (Phi) is 3.41. The van der Waals surface area contributed by atoms with E-state index in [0.29, 0.717) is 5.56 Å². The van der Waals surface area contributed by atoms with Crippen molar-refractivity contribution in [3.05, 3.63) is 18.0 Å². The van der Waals surface area contributed by atoms with E-state index >= 15 is 0 Å². The Balaban J connectivity index is 2.14. The number of nitrogens with one attached hydrogen (secondary N) is 1. The van der Waals surface area contributed by atoms with Crippen LogP contribution in [0.1, 0.15) is 36.0 Å². The van der Waals surface area contributed by atoms with Crippen molar-refractivity contribution in [2.24, 2.45) is 0 Å². The number of aromatic amines is 1. The minimum absolute atomic E-state index is 0.0495. The Labute approximate surface area is 98.6 Å². The molecule has 0 aliphatic heterocycles. The lowest BCUT2D eigenvalue weighted by atomic mass is 10.2. The van der Waals surface area contributed by atoms with Gasteiger partial charge in [0.15, 0.2) is 0 Å². The first-order valence-corrected chi connectivity index (χ1v) is 5.70. The highest BCUT2D eigenvalue weighted by Gasteiger charge is 2.29. The summed E-state index contributed by atoms with van der Waals surface area (Å²) in [4.78, 5) is 24.4. The average molecular weight is 237 g/mol. The fourth-order valence-corrected chi connectivity index (χ4v) is 2.26. The molecule has 0 radical (unpaired) electrons. The lowest BCUT2D eigenvalue weighted by Gasteiger charge is -2.26. The number of carbonyl (C=O) groups excluding carboxylic acids is 1. The number of aromatic nitrogens is 2. The second-order valence-corrected chi connectivity index (χ2v) is 4.25. The van der Waals surface area contributed by atoms with Gasteiger partial charge in [-0.2, -0.15) is 5.10 Å². The maximum Gasteiger partial charge on any atom is 0.323 e. The molecule has 1 aromatic heterocycles. The van der Waals surface area contributed by atoms with Crippen LogP contribution in [0.15, 0.2) is 12.4 Å². The summed E-state index contributed by atoms with van der Waals surface area (Å²) in [6, 6.07) is 0.0495. The van der Waals surface area contributed by atoms with Crippen molar-refractivity contribution in [2.75, 3.05) is 6.54 Å². The van der Waals surface area contributed by atoms with Gasteiger partial charge in [0.1, 0.15) is 6.54 Å². The standard InChI is InChI=1S/C11H15N3O3/c15-10(16)7-14(9-3-1-2-4-9)11(17)8-5-12-13-6-8/h5-6,9H,1-4,7H2,(H,12,13)(H,15,16). The van der Waals surface area contributed by atoms with Crippen molar-refractivity contribution < 1.29 is 14.7 Å². The van der Waals surface area contributed by atoms with Gasteiger partial charge in [-0.25, -0.2) is 0 Å². The third-order valence-electron chi connectivity index (χ3n) is 3.08. The highest BCUT2D eigenvalue weighted by atomic mass is 16.4. The van der Waals surface area contributed by atoms with Crippen molar-refractivity contribution in [1.29, 1.82) is 0 Å². The summed E-state index contributed by atoms with van der Waals surface area (Å²) in [5.41, 5.74) is 0.415. The highest BCUT2D eigenvalue weighted by molar-refractivity contribution is 5.95. The van der Waals surface area contributed by atoms with E-state index in [4.69, 9.17) is 5.11 Å². The Hall–Kier alpha value is -1.85. The molecule has 1 amide bonds. The second-order valence-electron chi connectivity index (χ2n) is 4.25. The molecule has 1 aromatic rings. The molecule has 0 saturated heterocycles. The third-order valence-corrected chi connectivity index (χ3v) is 3.08. The number of H-pyrrole nitrogens is 1. The molecule has 0 atom stereocenters. The molecule has 17 heavy (non-hydrogen) atoms. The number of nitrogens with zero attached hydrogens (tertiary/aromatic N) is 2. The van der Waals surface area contributed by atoms with Crippen molar-refractivity contribution in [3.63, 3.8) is 0 Å². The van der Waals surface area contributed by atoms with Gasteiger partial charge in [-0.05, 0) is 12.8 Å². The van der Waals surface area contributed by atoms with Crippen LogP contribution >= 0.6 is 0 Å². The van der Waals surface area contributed by atoms with Crippen LogP contribution in [0.2, 0.25) is 0 Å². The molecule has 92 valence electrons. The predicted molar refractivity (Wildman–Crippen MR) is 59.5 cm³/mol. The van der Waals surface area contributed by atoms with Crippen molar-refractivity contribution in [2.45, 2.75) is 31.7 Å². The number of aliphatic carboxylic acids is 1. The minimum Gasteiger partial charge on any atom is -0.480 e. The van der Waals surface area contributed by atoms with Gasteiger partial charge in [0.25, 0.3) is 5.91 Å². The highest BCUT2D eigenvalue weighted by Crippen LogP contribution is 2.24. The van der Waals surface area contributed by atoms with Crippen LogP contribution < -0.4 is 0 Å². The van der Waals surface area contributed by atoms with Gasteiger partial charge in [-0.1, -0.05) is 12.8 Å². The first kappa shape index (κ1) is 11.6. The summed E-state index contributed by atoms with van der Waals surface area (Å²) in [5, 5.41) is 15.1. The Morgan fingerprint density at radius 1 is 1.47 bits per heavy atom. The SMILES string of the molecule is O=C(O)CN(C(=O)c1cn[nH]c1)C1CCCC1. The monoisotopic (exact) mass is 237 g/mol. The zero-order valence-corrected chi connectivity index (χ0v) is 9.43. The normalized spacial score (nSPS) is 16.0. The summed E-state index contributed by atoms with van der Waals surface area (Å²) in [7, 11) is 0. The van der Waals surface area contributed by atoms with E-state index in [9.17, 15) is 9.59 Å². The van der Waals surface area contributed by atoms with E-state index in [2.05, 4.69) is 10.2 Å². The lowest BCUT2D eigenvalue weighted by molar-refractivity contribution is -0.138. The largest absolute Gasteiger partial charge is 0.480 e. The van der Waals surface area contributed by atoms with E-state index in [0.717, 1.165) is 25.7 Å². The zero-order chi connectivity index (χ0) is 12.3. The van der Waals surface area contributed by atoms with Gasteiger partial charge in [0.2, 0.25) is 0 Å². The summed E-state index contributed by atoms with van der Waals surface area (Å²) in [6.45, 7) is -0.241. The van der Waals surface area contributed by atoms with E-state index < -0.39 is 5.97 Å². The number of carbonyl (C=O) groups is 2. The molecule has 0 bridgehead atoms. The smallest absolute Gasteiger partial charge is 0.323 e. The molecule has 2 N–H and O–H groups in total. The third kappa shape index (κ3) is 2.64. The van der Waals surface area contributed by atoms with E-state index in [1.807, 2.05) is 0 Å². The van der Waals surface area contributed by atoms with Gasteiger partial charge < -0.3 is 10.0 Å². The van der Waals surface area contributed by atoms with Crippen LogP contribution in [0, 0.1) is 0 Å². The van der Waals surface area contributed by atoms with Crippen LogP contribution in [-0.4, -0.2) is 44.7 Å². The minimum atomic E-state index is -0.978. The molecule has 1 aliphatic rings. The topological polar surface area (TPSA) is 86.3 Å². The average Bonchev–Trinajstić information content (AvgIpc) is 2.96. The molecule has 0 unspecified atom stereocenters. The van der Waals surface area contributed by atoms with Crippen molar-refractivity contribution >= 4 is 11.9 Å². The molecule has 1 fully saturated rings. The number of rotatable bonds is 4. The van der Waals surface area contributed by atoms with E-state index in [-0.39, 0.29) is 18.5 Å².